The summed E-state index contributed by atoms with van der Waals surface area (Å²) in [6.07, 6.45) is 0. The molecule has 0 aliphatic rings. The molecule has 0 aromatic heterocycles. The minimum atomic E-state index is -2.15. The highest BCUT2D eigenvalue weighted by Gasteiger charge is 2.32. The fourth-order valence-corrected chi connectivity index (χ4v) is 2.75. The third-order valence-electron chi connectivity index (χ3n) is 4.74. The van der Waals surface area contributed by atoms with E-state index in [9.17, 15) is 14.7 Å². The Bertz CT molecular complexity index is 801. The van der Waals surface area contributed by atoms with Gasteiger partial charge in [0.25, 0.3) is 0 Å². The van der Waals surface area contributed by atoms with Crippen molar-refractivity contribution in [1.82, 2.24) is 0 Å². The molecule has 2 aromatic rings. The molecule has 0 spiro atoms. The second-order valence-electron chi connectivity index (χ2n) is 9.02. The van der Waals surface area contributed by atoms with Crippen molar-refractivity contribution >= 4 is 11.9 Å². The summed E-state index contributed by atoms with van der Waals surface area (Å²) in [5, 5.41) is 13.7. The van der Waals surface area contributed by atoms with Gasteiger partial charge >= 0.3 is 11.9 Å². The lowest BCUT2D eigenvalue weighted by Crippen LogP contribution is -2.51. The van der Waals surface area contributed by atoms with Crippen LogP contribution in [0.2, 0.25) is 0 Å². The van der Waals surface area contributed by atoms with Crippen molar-refractivity contribution in [3.05, 3.63) is 71.8 Å². The maximum Gasteiger partial charge on any atom is 0.315 e. The van der Waals surface area contributed by atoms with Crippen molar-refractivity contribution in [1.29, 1.82) is 0 Å². The van der Waals surface area contributed by atoms with Crippen molar-refractivity contribution in [2.24, 2.45) is 5.41 Å². The van der Waals surface area contributed by atoms with E-state index in [0.717, 1.165) is 0 Å². The summed E-state index contributed by atoms with van der Waals surface area (Å²) in [6.45, 7) is 5.94. The highest BCUT2D eigenvalue weighted by atomic mass is 16.6. The van der Waals surface area contributed by atoms with Crippen LogP contribution in [0.3, 0.4) is 0 Å². The van der Waals surface area contributed by atoms with Crippen LogP contribution >= 0.6 is 0 Å². The zero-order valence-electron chi connectivity index (χ0n) is 18.4. The zero-order valence-corrected chi connectivity index (χ0v) is 18.4. The molecule has 0 aliphatic heterocycles. The average molecular weight is 414 g/mol. The first-order valence-electron chi connectivity index (χ1n) is 9.95. The molecule has 0 atom stereocenters. The van der Waals surface area contributed by atoms with Crippen LogP contribution in [0.25, 0.3) is 0 Å². The minimum absolute atomic E-state index is 0.0303. The number of nitrogens with zero attached hydrogens (tertiary/aromatic N) is 1. The smallest absolute Gasteiger partial charge is 0.315 e. The molecule has 0 radical (unpaired) electrons. The Hall–Kier alpha value is -2.70. The maximum absolute atomic E-state index is 13.7. The predicted octanol–water partition coefficient (Wildman–Crippen LogP) is 2.46. The quantitative estimate of drug-likeness (QED) is 0.378. The lowest BCUT2D eigenvalue weighted by atomic mass is 9.86. The van der Waals surface area contributed by atoms with E-state index >= 15 is 0 Å². The van der Waals surface area contributed by atoms with Crippen molar-refractivity contribution in [3.63, 3.8) is 0 Å². The minimum Gasteiger partial charge on any atom is -0.834 e. The Morgan fingerprint density at radius 3 is 1.73 bits per heavy atom. The van der Waals surface area contributed by atoms with E-state index in [1.54, 1.807) is 81.4 Å². The molecule has 30 heavy (non-hydrogen) atoms. The highest BCUT2D eigenvalue weighted by molar-refractivity contribution is 5.85. The lowest BCUT2D eigenvalue weighted by molar-refractivity contribution is -0.907. The van der Waals surface area contributed by atoms with Crippen LogP contribution < -0.4 is 5.11 Å². The van der Waals surface area contributed by atoms with E-state index in [1.165, 1.54) is 0 Å². The van der Waals surface area contributed by atoms with E-state index < -0.39 is 17.0 Å². The largest absolute Gasteiger partial charge is 0.834 e. The number of rotatable bonds is 8. The van der Waals surface area contributed by atoms with E-state index in [2.05, 4.69) is 0 Å². The number of hydrogen-bond acceptors (Lipinski definition) is 5. The number of likely N-dealkylation sites (N-methyl/N-ethyl adjacent to an activating group) is 1. The second kappa shape index (κ2) is 9.41. The monoisotopic (exact) mass is 413 g/mol. The van der Waals surface area contributed by atoms with Crippen LogP contribution in [0.1, 0.15) is 31.9 Å². The van der Waals surface area contributed by atoms with Gasteiger partial charge in [-0.1, -0.05) is 60.7 Å². The molecule has 2 rings (SSSR count). The molecule has 162 valence electrons. The van der Waals surface area contributed by atoms with Crippen LogP contribution in [0.5, 0.6) is 0 Å². The first kappa shape index (κ1) is 23.6. The first-order valence-corrected chi connectivity index (χ1v) is 9.95. The van der Waals surface area contributed by atoms with Crippen molar-refractivity contribution in [2.75, 3.05) is 34.0 Å². The van der Waals surface area contributed by atoms with Gasteiger partial charge in [0, 0.05) is 5.60 Å². The summed E-state index contributed by atoms with van der Waals surface area (Å²) in [6, 6.07) is 17.0. The van der Waals surface area contributed by atoms with Gasteiger partial charge < -0.3 is 14.6 Å². The summed E-state index contributed by atoms with van der Waals surface area (Å²) < 4.78 is 11.1. The standard InChI is InChI=1S/C24H31NO5/c1-23(2,3)21(26)30-18-25(4,5)16-17-29-22(27)24(28,19-12-8-6-9-13-19)20-14-10-7-11-15-20/h6-15H,16-18H2,1-5H3. The van der Waals surface area contributed by atoms with E-state index in [4.69, 9.17) is 9.47 Å². The normalized spacial score (nSPS) is 12.3. The number of esters is 2. The van der Waals surface area contributed by atoms with Gasteiger partial charge in [-0.25, -0.2) is 0 Å². The number of carbonyl (C=O) groups is 2. The fraction of sp³-hybridized carbons (Fsp3) is 0.417. The van der Waals surface area contributed by atoms with Gasteiger partial charge in [-0.3, -0.25) is 14.1 Å². The molecule has 0 bridgehead atoms. The topological polar surface area (TPSA) is 75.7 Å². The summed E-state index contributed by atoms with van der Waals surface area (Å²) in [5.74, 6) is -1.15. The molecule has 6 heteroatoms. The van der Waals surface area contributed by atoms with Gasteiger partial charge in [-0.2, -0.15) is 0 Å². The zero-order chi connectivity index (χ0) is 22.4. The highest BCUT2D eigenvalue weighted by Crippen LogP contribution is 2.28. The van der Waals surface area contributed by atoms with Gasteiger partial charge in [0.2, 0.25) is 6.73 Å². The molecule has 0 heterocycles. The van der Waals surface area contributed by atoms with Crippen LogP contribution in [0.15, 0.2) is 60.7 Å². The summed E-state index contributed by atoms with van der Waals surface area (Å²) >= 11 is 0. The maximum atomic E-state index is 13.7. The van der Waals surface area contributed by atoms with Gasteiger partial charge in [-0.15, -0.1) is 0 Å². The van der Waals surface area contributed by atoms with Crippen molar-refractivity contribution in [3.8, 4) is 0 Å². The Morgan fingerprint density at radius 2 is 1.30 bits per heavy atom. The SMILES string of the molecule is CC(C)(C)C(=O)OC[N+](C)(C)CCOC(=O)C([O-])(c1ccccc1)c1ccccc1. The van der Waals surface area contributed by atoms with Gasteiger partial charge in [0.1, 0.15) is 13.2 Å². The Labute approximate surface area is 178 Å². The number of quaternary nitrogens is 1. The molecule has 0 amide bonds. The third kappa shape index (κ3) is 5.90. The number of ether oxygens (including phenoxy) is 2. The summed E-state index contributed by atoms with van der Waals surface area (Å²) in [7, 11) is 3.73. The van der Waals surface area contributed by atoms with Gasteiger partial charge in [-0.05, 0) is 31.9 Å². The molecule has 6 nitrogen and oxygen atoms in total. The van der Waals surface area contributed by atoms with Crippen LogP contribution in [0, 0.1) is 5.41 Å². The number of benzene rings is 2. The molecule has 0 saturated carbocycles. The average Bonchev–Trinajstić information content (AvgIpc) is 2.71. The van der Waals surface area contributed by atoms with Crippen LogP contribution in [-0.2, 0) is 24.7 Å². The fourth-order valence-electron chi connectivity index (χ4n) is 2.75. The second-order valence-corrected chi connectivity index (χ2v) is 9.02. The van der Waals surface area contributed by atoms with Crippen molar-refractivity contribution in [2.45, 2.75) is 26.4 Å². The summed E-state index contributed by atoms with van der Waals surface area (Å²) in [5.41, 5.74) is -2.08. The Kier molecular flexibility index (Phi) is 7.39. The van der Waals surface area contributed by atoms with Crippen LogP contribution in [-0.4, -0.2) is 50.4 Å². The molecule has 0 aliphatic carbocycles. The molecular formula is C24H31NO5. The van der Waals surface area contributed by atoms with E-state index in [1.807, 2.05) is 14.1 Å². The molecular weight excluding hydrogens is 382 g/mol. The molecule has 0 N–H and O–H groups in total. The third-order valence-corrected chi connectivity index (χ3v) is 4.74. The van der Waals surface area contributed by atoms with Gasteiger partial charge in [0.05, 0.1) is 19.5 Å². The lowest BCUT2D eigenvalue weighted by Gasteiger charge is -2.39. The number of hydrogen-bond donors (Lipinski definition) is 0. The van der Waals surface area contributed by atoms with Crippen LogP contribution in [0.4, 0.5) is 0 Å². The van der Waals surface area contributed by atoms with E-state index in [-0.39, 0.29) is 19.3 Å². The molecule has 2 aromatic carbocycles. The Morgan fingerprint density at radius 1 is 0.833 bits per heavy atom. The van der Waals surface area contributed by atoms with Crippen molar-refractivity contribution < 1.29 is 28.7 Å². The van der Waals surface area contributed by atoms with E-state index in [0.29, 0.717) is 22.2 Å². The Balaban J connectivity index is 2.06. The number of carbonyl (C=O) groups excluding carboxylic acids is 2. The molecule has 0 fully saturated rings. The molecule has 0 saturated heterocycles. The first-order chi connectivity index (χ1) is 14.0. The molecule has 0 unspecified atom stereocenters. The summed E-state index contributed by atoms with van der Waals surface area (Å²) in [4.78, 5) is 24.9. The van der Waals surface area contributed by atoms with Gasteiger partial charge in [0.15, 0.2) is 0 Å². The predicted molar refractivity (Wildman–Crippen MR) is 112 cm³/mol.